The molecule has 0 spiro atoms. The van der Waals surface area contributed by atoms with E-state index in [1.54, 1.807) is 0 Å². The van der Waals surface area contributed by atoms with Crippen LogP contribution in [0.1, 0.15) is 60.9 Å². The van der Waals surface area contributed by atoms with Crippen LogP contribution in [-0.4, -0.2) is 44.7 Å². The number of unbranched alkanes of at least 4 members (excludes halogenated alkanes) is 1. The Labute approximate surface area is 225 Å². The fourth-order valence-electron chi connectivity index (χ4n) is 4.51. The maximum absolute atomic E-state index is 11.4. The topological polar surface area (TPSA) is 85.0 Å². The fraction of sp³-hybridized carbons (Fsp3) is 0.323. The van der Waals surface area contributed by atoms with E-state index in [2.05, 4.69) is 58.0 Å². The number of nitrogens with one attached hydrogen (secondary N) is 1. The Morgan fingerprint density at radius 1 is 0.947 bits per heavy atom. The van der Waals surface area contributed by atoms with Crippen LogP contribution in [0, 0.1) is 0 Å². The van der Waals surface area contributed by atoms with E-state index in [1.807, 2.05) is 51.2 Å². The maximum Gasteiger partial charge on any atom is 0.154 e. The van der Waals surface area contributed by atoms with E-state index in [0.717, 1.165) is 79.3 Å². The Morgan fingerprint density at radius 2 is 1.61 bits per heavy atom. The molecule has 5 aromatic rings. The van der Waals surface area contributed by atoms with Gasteiger partial charge >= 0.3 is 0 Å². The van der Waals surface area contributed by atoms with Crippen molar-refractivity contribution in [1.29, 1.82) is 0 Å². The molecule has 200 valence electrons. The number of aliphatic hydroxyl groups excluding tert-OH is 1. The largest absolute Gasteiger partial charge is 0.400 e. The van der Waals surface area contributed by atoms with Gasteiger partial charge in [-0.3, -0.25) is 4.79 Å². The molecule has 0 radical (unpaired) electrons. The number of hydrogen-bond donors (Lipinski definition) is 2. The predicted molar refractivity (Wildman–Crippen MR) is 157 cm³/mol. The monoisotopic (exact) mass is 513 g/mol. The smallest absolute Gasteiger partial charge is 0.154 e. The average Bonchev–Trinajstić information content (AvgIpc) is 3.62. The summed E-state index contributed by atoms with van der Waals surface area (Å²) in [6.45, 7) is 7.80. The maximum atomic E-state index is 11.4. The van der Waals surface area contributed by atoms with E-state index in [-0.39, 0.29) is 0 Å². The van der Waals surface area contributed by atoms with Crippen molar-refractivity contribution in [3.63, 3.8) is 0 Å². The van der Waals surface area contributed by atoms with Crippen molar-refractivity contribution < 1.29 is 9.90 Å². The number of fused-ring (bicyclic) bond motifs is 3. The Morgan fingerprint density at radius 3 is 2.21 bits per heavy atom. The first-order valence-corrected chi connectivity index (χ1v) is 13.3. The zero-order chi connectivity index (χ0) is 27.5. The first kappa shape index (κ1) is 28.6. The number of hydrogen-bond acceptors (Lipinski definition) is 5. The van der Waals surface area contributed by atoms with Crippen molar-refractivity contribution in [2.45, 2.75) is 53.1 Å². The van der Waals surface area contributed by atoms with E-state index in [0.29, 0.717) is 5.56 Å². The standard InChI is InChI=1S/C28H29N5O.C2H6.CH4O/c1-3-4-7-25-31-26-27(23-13-12-22(19-34)16-24(23)30-28(26)29-2)33(25)18-21-10-8-20(9-11-21)17-32-14-5-6-15-32;2*1-2/h5-6,8-16,19H,3-4,7,17-18H2,1-2H3,(H,29,30);1-2H3;2H,1H3. The molecule has 7 heteroatoms. The zero-order valence-corrected chi connectivity index (χ0v) is 23.1. The molecule has 2 aromatic carbocycles. The van der Waals surface area contributed by atoms with Crippen LogP contribution in [0.25, 0.3) is 21.9 Å². The number of imidazole rings is 1. The highest BCUT2D eigenvalue weighted by molar-refractivity contribution is 6.08. The van der Waals surface area contributed by atoms with Gasteiger partial charge in [0.2, 0.25) is 0 Å². The van der Waals surface area contributed by atoms with Crippen molar-refractivity contribution in [1.82, 2.24) is 19.1 Å². The molecule has 38 heavy (non-hydrogen) atoms. The van der Waals surface area contributed by atoms with Gasteiger partial charge in [0.25, 0.3) is 0 Å². The molecule has 0 saturated heterocycles. The van der Waals surface area contributed by atoms with E-state index in [4.69, 9.17) is 15.1 Å². The van der Waals surface area contributed by atoms with Crippen LogP contribution >= 0.6 is 0 Å². The molecule has 0 aliphatic carbocycles. The van der Waals surface area contributed by atoms with Crippen molar-refractivity contribution in [2.75, 3.05) is 19.5 Å². The molecule has 3 aromatic heterocycles. The molecule has 2 N–H and O–H groups in total. The first-order valence-electron chi connectivity index (χ1n) is 13.3. The number of aldehydes is 1. The molecule has 5 rings (SSSR count). The number of benzene rings is 2. The van der Waals surface area contributed by atoms with Gasteiger partial charge < -0.3 is 19.6 Å². The highest BCUT2D eigenvalue weighted by atomic mass is 16.2. The number of anilines is 1. The first-order chi connectivity index (χ1) is 18.7. The van der Waals surface area contributed by atoms with Gasteiger partial charge in [-0.05, 0) is 41.8 Å². The van der Waals surface area contributed by atoms with Gasteiger partial charge in [0, 0.05) is 57.0 Å². The van der Waals surface area contributed by atoms with Gasteiger partial charge in [0.1, 0.15) is 17.6 Å². The SMILES string of the molecule is CC.CCCCc1nc2c(NC)nc3cc(C=O)ccc3c2n1Cc1ccc(Cn2cccc2)cc1.CO. The van der Waals surface area contributed by atoms with Crippen molar-refractivity contribution in [3.05, 3.63) is 89.5 Å². The molecular weight excluding hydrogens is 474 g/mol. The van der Waals surface area contributed by atoms with Gasteiger partial charge in [-0.1, -0.05) is 57.5 Å². The summed E-state index contributed by atoms with van der Waals surface area (Å²) in [5.41, 5.74) is 5.87. The number of aliphatic hydroxyl groups is 1. The summed E-state index contributed by atoms with van der Waals surface area (Å²) in [7, 11) is 2.87. The van der Waals surface area contributed by atoms with Gasteiger partial charge in [0.05, 0.1) is 11.0 Å². The van der Waals surface area contributed by atoms with Crippen LogP contribution in [0.4, 0.5) is 5.82 Å². The summed E-state index contributed by atoms with van der Waals surface area (Å²) in [4.78, 5) is 21.2. The van der Waals surface area contributed by atoms with E-state index >= 15 is 0 Å². The van der Waals surface area contributed by atoms with Crippen LogP contribution in [0.3, 0.4) is 0 Å². The lowest BCUT2D eigenvalue weighted by atomic mass is 10.1. The van der Waals surface area contributed by atoms with Crippen LogP contribution in [-0.2, 0) is 19.5 Å². The van der Waals surface area contributed by atoms with Gasteiger partial charge in [-0.2, -0.15) is 0 Å². The minimum atomic E-state index is 0.622. The third-order valence-electron chi connectivity index (χ3n) is 6.30. The molecular formula is C31H39N5O2. The Bertz CT molecular complexity index is 1440. The van der Waals surface area contributed by atoms with E-state index in [1.165, 1.54) is 11.1 Å². The molecule has 0 bridgehead atoms. The molecule has 0 unspecified atom stereocenters. The summed E-state index contributed by atoms with van der Waals surface area (Å²) in [5, 5.41) is 11.2. The van der Waals surface area contributed by atoms with Crippen LogP contribution in [0.15, 0.2) is 67.0 Å². The number of aromatic nitrogens is 4. The average molecular weight is 514 g/mol. The highest BCUT2D eigenvalue weighted by Gasteiger charge is 2.18. The number of aryl methyl sites for hydroxylation is 1. The molecule has 0 aliphatic rings. The molecule has 0 saturated carbocycles. The Kier molecular flexibility index (Phi) is 10.6. The van der Waals surface area contributed by atoms with Gasteiger partial charge in [-0.15, -0.1) is 0 Å². The third kappa shape index (κ3) is 6.29. The number of nitrogens with zero attached hydrogens (tertiary/aromatic N) is 4. The molecule has 0 amide bonds. The van der Waals surface area contributed by atoms with Crippen LogP contribution in [0.2, 0.25) is 0 Å². The molecule has 3 heterocycles. The Balaban J connectivity index is 0.000000956. The number of rotatable bonds is 9. The number of carbonyl (C=O) groups excluding carboxylic acids is 1. The molecule has 0 fully saturated rings. The minimum absolute atomic E-state index is 0.622. The van der Waals surface area contributed by atoms with Crippen LogP contribution in [0.5, 0.6) is 0 Å². The highest BCUT2D eigenvalue weighted by Crippen LogP contribution is 2.31. The second-order valence-electron chi connectivity index (χ2n) is 8.69. The summed E-state index contributed by atoms with van der Waals surface area (Å²) >= 11 is 0. The number of carbonyl (C=O) groups is 1. The Hall–Kier alpha value is -3.97. The fourth-order valence-corrected chi connectivity index (χ4v) is 4.51. The van der Waals surface area contributed by atoms with E-state index in [9.17, 15) is 4.79 Å². The van der Waals surface area contributed by atoms with Crippen molar-refractivity contribution in [2.24, 2.45) is 0 Å². The summed E-state index contributed by atoms with van der Waals surface area (Å²) < 4.78 is 4.50. The minimum Gasteiger partial charge on any atom is -0.400 e. The lowest BCUT2D eigenvalue weighted by molar-refractivity contribution is 0.112. The third-order valence-corrected chi connectivity index (χ3v) is 6.30. The van der Waals surface area contributed by atoms with Gasteiger partial charge in [-0.25, -0.2) is 9.97 Å². The molecule has 0 aliphatic heterocycles. The van der Waals surface area contributed by atoms with E-state index < -0.39 is 0 Å². The lowest BCUT2D eigenvalue weighted by Crippen LogP contribution is -2.06. The molecule has 0 atom stereocenters. The quantitative estimate of drug-likeness (QED) is 0.226. The van der Waals surface area contributed by atoms with Gasteiger partial charge in [0.15, 0.2) is 5.82 Å². The van der Waals surface area contributed by atoms with Crippen LogP contribution < -0.4 is 5.32 Å². The van der Waals surface area contributed by atoms with Crippen molar-refractivity contribution in [3.8, 4) is 0 Å². The second kappa shape index (κ2) is 14.1. The second-order valence-corrected chi connectivity index (χ2v) is 8.69. The lowest BCUT2D eigenvalue weighted by Gasteiger charge is -2.12. The summed E-state index contributed by atoms with van der Waals surface area (Å²) in [5.74, 6) is 1.81. The molecule has 7 nitrogen and oxygen atoms in total. The normalized spacial score (nSPS) is 10.5. The zero-order valence-electron chi connectivity index (χ0n) is 23.1. The van der Waals surface area contributed by atoms with Crippen molar-refractivity contribution >= 4 is 34.0 Å². The summed E-state index contributed by atoms with van der Waals surface area (Å²) in [6.07, 6.45) is 8.13. The summed E-state index contributed by atoms with van der Waals surface area (Å²) in [6, 6.07) is 18.6. The number of pyridine rings is 1. The predicted octanol–water partition coefficient (Wildman–Crippen LogP) is 6.31.